The number of nitrogens with one attached hydrogen (secondary N) is 1. The minimum atomic E-state index is -0.753. The van der Waals surface area contributed by atoms with Crippen molar-refractivity contribution in [1.29, 1.82) is 0 Å². The number of amides is 3. The summed E-state index contributed by atoms with van der Waals surface area (Å²) in [5, 5.41) is 2.03. The van der Waals surface area contributed by atoms with Gasteiger partial charge in [0.05, 0.1) is 25.3 Å². The molecule has 0 radical (unpaired) electrons. The second-order valence-electron chi connectivity index (χ2n) is 9.07. The van der Waals surface area contributed by atoms with Crippen LogP contribution >= 0.6 is 0 Å². The lowest BCUT2D eigenvalue weighted by Crippen LogP contribution is -2.58. The Bertz CT molecular complexity index is 1210. The first-order valence-electron chi connectivity index (χ1n) is 12.0. The molecule has 3 amide bonds. The molecule has 4 rings (SSSR count). The molecule has 1 unspecified atom stereocenters. The van der Waals surface area contributed by atoms with Crippen LogP contribution in [0.4, 0.5) is 9.18 Å². The van der Waals surface area contributed by atoms with Crippen LogP contribution in [0.3, 0.4) is 0 Å². The average Bonchev–Trinajstić information content (AvgIpc) is 2.90. The summed E-state index contributed by atoms with van der Waals surface area (Å²) in [7, 11) is 3.10. The summed E-state index contributed by atoms with van der Waals surface area (Å²) in [5.41, 5.74) is 10.6. The Balaban J connectivity index is 1.48. The molecule has 1 heterocycles. The number of fused-ring (bicyclic) bond motifs is 1. The molecule has 36 heavy (non-hydrogen) atoms. The van der Waals surface area contributed by atoms with Crippen molar-refractivity contribution < 1.29 is 23.5 Å². The van der Waals surface area contributed by atoms with Crippen molar-refractivity contribution in [2.75, 3.05) is 20.8 Å². The van der Waals surface area contributed by atoms with E-state index in [0.717, 1.165) is 42.1 Å². The van der Waals surface area contributed by atoms with Gasteiger partial charge < -0.3 is 15.2 Å². The van der Waals surface area contributed by atoms with E-state index in [0.29, 0.717) is 11.3 Å². The number of urea groups is 1. The second kappa shape index (κ2) is 11.3. The lowest BCUT2D eigenvalue weighted by molar-refractivity contribution is 0.0334. The molecule has 1 aliphatic carbocycles. The number of methoxy groups -OCH3 is 2. The van der Waals surface area contributed by atoms with Crippen molar-refractivity contribution in [3.05, 3.63) is 71.7 Å². The molecular formula is C27H31FN4O4. The van der Waals surface area contributed by atoms with Crippen LogP contribution in [0, 0.1) is 11.7 Å². The summed E-state index contributed by atoms with van der Waals surface area (Å²) in [6, 6.07) is 12.0. The van der Waals surface area contributed by atoms with Gasteiger partial charge in [0, 0.05) is 24.3 Å². The van der Waals surface area contributed by atoms with E-state index in [9.17, 15) is 14.0 Å². The van der Waals surface area contributed by atoms with Gasteiger partial charge in [-0.15, -0.1) is 0 Å². The number of halogens is 1. The number of nitrogens with two attached hydrogens (primary N) is 1. The van der Waals surface area contributed by atoms with Crippen LogP contribution in [0.2, 0.25) is 0 Å². The highest BCUT2D eigenvalue weighted by atomic mass is 19.1. The smallest absolute Gasteiger partial charge is 0.333 e. The van der Waals surface area contributed by atoms with Crippen molar-refractivity contribution in [2.24, 2.45) is 11.7 Å². The standard InChI is InChI=1S/C27H31FN4O4/c1-35-16-25(32(27(29)34)31-26(33)19-7-10-21(36-2)11-8-19)18-5-3-17(4-6-18)22-13-14-30-24-12-9-20(28)15-23(22)24/h7-15,17-18,25H,3-6,16H2,1-2H3,(H2,29,34)(H,31,33). The first-order valence-corrected chi connectivity index (χ1v) is 12.0. The fourth-order valence-electron chi connectivity index (χ4n) is 5.12. The number of benzene rings is 2. The normalized spacial score (nSPS) is 18.4. The van der Waals surface area contributed by atoms with Gasteiger partial charge in [-0.1, -0.05) is 0 Å². The Morgan fingerprint density at radius 1 is 1.11 bits per heavy atom. The van der Waals surface area contributed by atoms with E-state index in [1.165, 1.54) is 11.1 Å². The summed E-state index contributed by atoms with van der Waals surface area (Å²) < 4.78 is 24.5. The lowest BCUT2D eigenvalue weighted by atomic mass is 9.75. The van der Waals surface area contributed by atoms with Crippen LogP contribution in [0.5, 0.6) is 5.75 Å². The number of hydrazine groups is 1. The largest absolute Gasteiger partial charge is 0.497 e. The van der Waals surface area contributed by atoms with Gasteiger partial charge in [0.1, 0.15) is 11.6 Å². The maximum atomic E-state index is 13.9. The SMILES string of the molecule is COCC(C1CCC(c2ccnc3ccc(F)cc23)CC1)N(NC(=O)c1ccc(OC)cc1)C(N)=O. The number of carbonyl (C=O) groups excluding carboxylic acids is 2. The summed E-state index contributed by atoms with van der Waals surface area (Å²) in [6.45, 7) is 0.227. The quantitative estimate of drug-likeness (QED) is 0.474. The van der Waals surface area contributed by atoms with Crippen LogP contribution in [-0.4, -0.2) is 48.8 Å². The van der Waals surface area contributed by atoms with E-state index in [4.69, 9.17) is 15.2 Å². The molecular weight excluding hydrogens is 463 g/mol. The molecule has 1 fully saturated rings. The van der Waals surface area contributed by atoms with Gasteiger partial charge in [-0.25, -0.2) is 14.2 Å². The summed E-state index contributed by atoms with van der Waals surface area (Å²) in [6.07, 6.45) is 5.04. The molecule has 1 atom stereocenters. The Kier molecular flexibility index (Phi) is 8.00. The Morgan fingerprint density at radius 2 is 1.83 bits per heavy atom. The van der Waals surface area contributed by atoms with E-state index in [-0.39, 0.29) is 24.3 Å². The van der Waals surface area contributed by atoms with E-state index >= 15 is 0 Å². The monoisotopic (exact) mass is 494 g/mol. The Labute approximate surface area is 209 Å². The number of nitrogens with zero attached hydrogens (tertiary/aromatic N) is 2. The fourth-order valence-corrected chi connectivity index (χ4v) is 5.12. The molecule has 9 heteroatoms. The molecule has 3 N–H and O–H groups in total. The number of aromatic nitrogens is 1. The number of primary amides is 1. The minimum Gasteiger partial charge on any atom is -0.497 e. The van der Waals surface area contributed by atoms with Crippen molar-refractivity contribution >= 4 is 22.8 Å². The van der Waals surface area contributed by atoms with Crippen molar-refractivity contribution in [1.82, 2.24) is 15.4 Å². The summed E-state index contributed by atoms with van der Waals surface area (Å²) in [5.74, 6) is 0.200. The number of hydrogen-bond donors (Lipinski definition) is 2. The maximum absolute atomic E-state index is 13.9. The van der Waals surface area contributed by atoms with Gasteiger partial charge in [0.15, 0.2) is 0 Å². The number of carbonyl (C=O) groups is 2. The molecule has 2 aromatic carbocycles. The van der Waals surface area contributed by atoms with Gasteiger partial charge in [-0.05, 0) is 91.6 Å². The van der Waals surface area contributed by atoms with E-state index < -0.39 is 18.0 Å². The van der Waals surface area contributed by atoms with Gasteiger partial charge in [-0.2, -0.15) is 0 Å². The third kappa shape index (κ3) is 5.57. The third-order valence-electron chi connectivity index (χ3n) is 6.97. The molecule has 0 saturated heterocycles. The Hall–Kier alpha value is -3.72. The predicted molar refractivity (Wildman–Crippen MR) is 134 cm³/mol. The highest BCUT2D eigenvalue weighted by molar-refractivity contribution is 5.95. The lowest BCUT2D eigenvalue weighted by Gasteiger charge is -2.39. The summed E-state index contributed by atoms with van der Waals surface area (Å²) >= 11 is 0. The van der Waals surface area contributed by atoms with E-state index in [2.05, 4.69) is 10.4 Å². The molecule has 1 saturated carbocycles. The second-order valence-corrected chi connectivity index (χ2v) is 9.07. The van der Waals surface area contributed by atoms with Crippen LogP contribution in [0.25, 0.3) is 10.9 Å². The minimum absolute atomic E-state index is 0.0645. The molecule has 190 valence electrons. The summed E-state index contributed by atoms with van der Waals surface area (Å²) in [4.78, 5) is 29.6. The van der Waals surface area contributed by atoms with Crippen LogP contribution in [-0.2, 0) is 4.74 Å². The van der Waals surface area contributed by atoms with Crippen molar-refractivity contribution in [2.45, 2.75) is 37.6 Å². The van der Waals surface area contributed by atoms with Gasteiger partial charge >= 0.3 is 6.03 Å². The number of ether oxygens (including phenoxy) is 2. The highest BCUT2D eigenvalue weighted by Gasteiger charge is 2.35. The predicted octanol–water partition coefficient (Wildman–Crippen LogP) is 4.40. The molecule has 0 spiro atoms. The zero-order chi connectivity index (χ0) is 25.7. The first kappa shape index (κ1) is 25.4. The highest BCUT2D eigenvalue weighted by Crippen LogP contribution is 2.40. The van der Waals surface area contributed by atoms with Gasteiger partial charge in [-0.3, -0.25) is 15.2 Å². The number of rotatable bonds is 7. The first-order chi connectivity index (χ1) is 17.4. The fraction of sp³-hybridized carbons (Fsp3) is 0.370. The van der Waals surface area contributed by atoms with Crippen LogP contribution < -0.4 is 15.9 Å². The zero-order valence-corrected chi connectivity index (χ0v) is 20.4. The molecule has 0 aliphatic heterocycles. The molecule has 3 aromatic rings. The van der Waals surface area contributed by atoms with Crippen LogP contribution in [0.1, 0.15) is 47.5 Å². The molecule has 1 aliphatic rings. The molecule has 0 bridgehead atoms. The van der Waals surface area contributed by atoms with E-state index in [1.807, 2.05) is 6.07 Å². The van der Waals surface area contributed by atoms with Crippen molar-refractivity contribution in [3.8, 4) is 5.75 Å². The number of hydrogen-bond acceptors (Lipinski definition) is 5. The Morgan fingerprint density at radius 3 is 2.47 bits per heavy atom. The topological polar surface area (TPSA) is 107 Å². The van der Waals surface area contributed by atoms with Gasteiger partial charge in [0.25, 0.3) is 5.91 Å². The van der Waals surface area contributed by atoms with Crippen molar-refractivity contribution in [3.63, 3.8) is 0 Å². The van der Waals surface area contributed by atoms with Gasteiger partial charge in [0.2, 0.25) is 0 Å². The average molecular weight is 495 g/mol. The zero-order valence-electron chi connectivity index (χ0n) is 20.4. The third-order valence-corrected chi connectivity index (χ3v) is 6.97. The van der Waals surface area contributed by atoms with Crippen LogP contribution in [0.15, 0.2) is 54.7 Å². The molecule has 1 aromatic heterocycles. The van der Waals surface area contributed by atoms with E-state index in [1.54, 1.807) is 56.8 Å². The molecule has 8 nitrogen and oxygen atoms in total. The maximum Gasteiger partial charge on any atom is 0.333 e. The number of pyridine rings is 1.